The molecule has 2 unspecified atom stereocenters. The van der Waals surface area contributed by atoms with Crippen LogP contribution in [0.15, 0.2) is 65.5 Å². The van der Waals surface area contributed by atoms with Gasteiger partial charge >= 0.3 is 5.97 Å². The Bertz CT molecular complexity index is 1150. The third kappa shape index (κ3) is 4.64. The third-order valence-corrected chi connectivity index (χ3v) is 6.21. The highest BCUT2D eigenvalue weighted by molar-refractivity contribution is 5.96. The number of rotatable bonds is 7. The summed E-state index contributed by atoms with van der Waals surface area (Å²) < 4.78 is 16.4. The summed E-state index contributed by atoms with van der Waals surface area (Å²) in [5.41, 5.74) is 3.39. The van der Waals surface area contributed by atoms with Crippen LogP contribution in [0.5, 0.6) is 17.2 Å². The smallest absolute Gasteiger partial charge is 0.336 e. The summed E-state index contributed by atoms with van der Waals surface area (Å²) in [4.78, 5) is 26.4. The van der Waals surface area contributed by atoms with E-state index in [9.17, 15) is 14.7 Å². The van der Waals surface area contributed by atoms with E-state index in [0.29, 0.717) is 42.0 Å². The molecule has 4 rings (SSSR count). The number of carbonyl (C=O) groups excluding carboxylic acids is 2. The molecular weight excluding hydrogens is 434 g/mol. The van der Waals surface area contributed by atoms with Gasteiger partial charge < -0.3 is 24.6 Å². The molecule has 0 amide bonds. The lowest BCUT2D eigenvalue weighted by Crippen LogP contribution is -2.40. The number of hydrogen-bond donors (Lipinski definition) is 2. The van der Waals surface area contributed by atoms with Crippen molar-refractivity contribution in [1.29, 1.82) is 0 Å². The first-order valence-electron chi connectivity index (χ1n) is 11.4. The van der Waals surface area contributed by atoms with Gasteiger partial charge in [-0.15, -0.1) is 0 Å². The van der Waals surface area contributed by atoms with Crippen molar-refractivity contribution in [3.8, 4) is 17.2 Å². The van der Waals surface area contributed by atoms with Gasteiger partial charge in [0.25, 0.3) is 0 Å². The normalized spacial score (nSPS) is 19.6. The molecule has 2 aromatic carbocycles. The third-order valence-electron chi connectivity index (χ3n) is 6.21. The Hall–Kier alpha value is -3.74. The van der Waals surface area contributed by atoms with E-state index in [-0.39, 0.29) is 18.1 Å². The van der Waals surface area contributed by atoms with Gasteiger partial charge in [-0.25, -0.2) is 4.79 Å². The molecule has 2 aliphatic rings. The lowest BCUT2D eigenvalue weighted by atomic mass is 9.71. The fourth-order valence-electron chi connectivity index (χ4n) is 4.59. The second-order valence-corrected chi connectivity index (χ2v) is 8.37. The molecule has 0 saturated carbocycles. The lowest BCUT2D eigenvalue weighted by Gasteiger charge is -2.38. The van der Waals surface area contributed by atoms with Gasteiger partial charge in [0.1, 0.15) is 18.1 Å². The van der Waals surface area contributed by atoms with E-state index in [1.54, 1.807) is 19.2 Å². The van der Waals surface area contributed by atoms with Gasteiger partial charge in [-0.1, -0.05) is 24.3 Å². The predicted octanol–water partition coefficient (Wildman–Crippen LogP) is 4.37. The minimum absolute atomic E-state index is 0.00889. The van der Waals surface area contributed by atoms with Crippen molar-refractivity contribution in [3.63, 3.8) is 0 Å². The molecule has 1 heterocycles. The molecule has 2 atom stereocenters. The highest BCUT2D eigenvalue weighted by Gasteiger charge is 2.43. The maximum Gasteiger partial charge on any atom is 0.336 e. The molecule has 0 spiro atoms. The number of methoxy groups -OCH3 is 1. The Morgan fingerprint density at radius 3 is 2.62 bits per heavy atom. The molecule has 7 heteroatoms. The van der Waals surface area contributed by atoms with Crippen molar-refractivity contribution in [2.24, 2.45) is 5.92 Å². The predicted molar refractivity (Wildman–Crippen MR) is 126 cm³/mol. The van der Waals surface area contributed by atoms with Crippen LogP contribution in [0.25, 0.3) is 0 Å². The second-order valence-electron chi connectivity index (χ2n) is 8.37. The molecule has 0 saturated heterocycles. The molecule has 7 nitrogen and oxygen atoms in total. The van der Waals surface area contributed by atoms with Gasteiger partial charge in [0.2, 0.25) is 0 Å². The number of phenols is 1. The van der Waals surface area contributed by atoms with Crippen molar-refractivity contribution in [2.75, 3.05) is 13.7 Å². The lowest BCUT2D eigenvalue weighted by molar-refractivity contribution is -0.141. The van der Waals surface area contributed by atoms with E-state index >= 15 is 0 Å². The quantitative estimate of drug-likeness (QED) is 0.589. The summed E-state index contributed by atoms with van der Waals surface area (Å²) in [5, 5.41) is 13.5. The summed E-state index contributed by atoms with van der Waals surface area (Å²) >= 11 is 0. The van der Waals surface area contributed by atoms with Crippen molar-refractivity contribution in [3.05, 3.63) is 76.6 Å². The minimum Gasteiger partial charge on any atom is -0.504 e. The molecule has 0 aromatic heterocycles. The number of hydrogen-bond acceptors (Lipinski definition) is 7. The topological polar surface area (TPSA) is 94.1 Å². The van der Waals surface area contributed by atoms with Crippen LogP contribution in [0.2, 0.25) is 0 Å². The number of ether oxygens (including phenoxy) is 3. The summed E-state index contributed by atoms with van der Waals surface area (Å²) in [6.07, 6.45) is 3.09. The van der Waals surface area contributed by atoms with Crippen molar-refractivity contribution < 1.29 is 28.9 Å². The first kappa shape index (κ1) is 23.4. The van der Waals surface area contributed by atoms with E-state index < -0.39 is 17.8 Å². The summed E-state index contributed by atoms with van der Waals surface area (Å²) in [6.45, 7) is 4.11. The fraction of sp³-hybridized carbons (Fsp3) is 0.333. The fourth-order valence-corrected chi connectivity index (χ4v) is 4.59. The molecule has 1 aliphatic carbocycles. The average molecular weight is 464 g/mol. The van der Waals surface area contributed by atoms with Crippen LogP contribution >= 0.6 is 0 Å². The van der Waals surface area contributed by atoms with E-state index in [4.69, 9.17) is 14.2 Å². The van der Waals surface area contributed by atoms with Crippen LogP contribution in [0.3, 0.4) is 0 Å². The molecule has 178 valence electrons. The molecular formula is C27H29NO6. The number of nitrogens with one attached hydrogen (secondary N) is 1. The number of ketones is 1. The highest BCUT2D eigenvalue weighted by Crippen LogP contribution is 2.45. The molecule has 0 radical (unpaired) electrons. The number of allylic oxidation sites excluding steroid dienone is 3. The Balaban J connectivity index is 1.70. The van der Waals surface area contributed by atoms with Crippen LogP contribution in [0.4, 0.5) is 0 Å². The highest BCUT2D eigenvalue weighted by atomic mass is 16.5. The molecule has 34 heavy (non-hydrogen) atoms. The molecule has 2 N–H and O–H groups in total. The number of esters is 1. The van der Waals surface area contributed by atoms with E-state index in [1.807, 2.05) is 44.2 Å². The minimum atomic E-state index is -0.552. The number of fused-ring (bicyclic) bond motifs is 1. The first-order valence-corrected chi connectivity index (χ1v) is 11.4. The summed E-state index contributed by atoms with van der Waals surface area (Å²) in [5.74, 6) is -0.463. The molecule has 1 aliphatic heterocycles. The number of carbonyl (C=O) groups is 2. The molecule has 2 aromatic rings. The van der Waals surface area contributed by atoms with Gasteiger partial charge in [0, 0.05) is 23.7 Å². The number of aromatic hydroxyl groups is 1. The van der Waals surface area contributed by atoms with Crippen LogP contribution in [-0.2, 0) is 20.9 Å². The summed E-state index contributed by atoms with van der Waals surface area (Å²) in [6, 6.07) is 12.3. The summed E-state index contributed by atoms with van der Waals surface area (Å²) in [7, 11) is 1.59. The van der Waals surface area contributed by atoms with Crippen LogP contribution in [0, 0.1) is 5.92 Å². The van der Waals surface area contributed by atoms with Gasteiger partial charge in [0.05, 0.1) is 25.2 Å². The van der Waals surface area contributed by atoms with Gasteiger partial charge in [-0.2, -0.15) is 0 Å². The maximum atomic E-state index is 13.4. The van der Waals surface area contributed by atoms with Gasteiger partial charge in [-0.3, -0.25) is 4.79 Å². The van der Waals surface area contributed by atoms with Crippen molar-refractivity contribution in [1.82, 2.24) is 5.32 Å². The average Bonchev–Trinajstić information content (AvgIpc) is 2.83. The zero-order valence-electron chi connectivity index (χ0n) is 19.6. The van der Waals surface area contributed by atoms with Gasteiger partial charge in [-0.05, 0) is 55.7 Å². The maximum absolute atomic E-state index is 13.4. The second kappa shape index (κ2) is 10.0. The van der Waals surface area contributed by atoms with Crippen LogP contribution < -0.4 is 14.8 Å². The Labute approximate surface area is 199 Å². The molecule has 0 fully saturated rings. The molecule has 0 bridgehead atoms. The van der Waals surface area contributed by atoms with Crippen molar-refractivity contribution in [2.45, 2.75) is 39.2 Å². The SMILES string of the molecule is CCOc1cc(C2C(C(=O)OCc3ccc(OC)cc3)=C(C)NC3=CCCC(=O)C32)ccc1O. The Morgan fingerprint density at radius 2 is 1.91 bits per heavy atom. The zero-order chi connectivity index (χ0) is 24.2. The van der Waals surface area contributed by atoms with Gasteiger partial charge in [0.15, 0.2) is 11.5 Å². The van der Waals surface area contributed by atoms with Crippen LogP contribution in [0.1, 0.15) is 43.7 Å². The number of Topliss-reactive ketones (excluding diaryl/α,β-unsaturated/α-hetero) is 1. The van der Waals surface area contributed by atoms with Crippen molar-refractivity contribution >= 4 is 11.8 Å². The zero-order valence-corrected chi connectivity index (χ0v) is 19.6. The van der Waals surface area contributed by atoms with E-state index in [0.717, 1.165) is 17.0 Å². The van der Waals surface area contributed by atoms with Crippen LogP contribution in [-0.4, -0.2) is 30.6 Å². The first-order chi connectivity index (χ1) is 16.4. The Morgan fingerprint density at radius 1 is 1.15 bits per heavy atom. The van der Waals surface area contributed by atoms with E-state index in [2.05, 4.69) is 5.32 Å². The largest absolute Gasteiger partial charge is 0.504 e. The number of phenolic OH excluding ortho intramolecular Hbond substituents is 1. The van der Waals surface area contributed by atoms with E-state index in [1.165, 1.54) is 6.07 Å². The monoisotopic (exact) mass is 463 g/mol. The Kier molecular flexibility index (Phi) is 6.91. The number of benzene rings is 2. The standard InChI is InChI=1S/C27H29NO6/c1-4-33-23-14-18(10-13-21(23)29)25-24(16(2)28-20-6-5-7-22(30)26(20)25)27(31)34-15-17-8-11-19(32-3)12-9-17/h6,8-14,25-26,28-29H,4-5,7,15H2,1-3H3.